The van der Waals surface area contributed by atoms with Gasteiger partial charge < -0.3 is 9.73 Å². The molecule has 1 atom stereocenters. The number of pyridine rings is 1. The predicted octanol–water partition coefficient (Wildman–Crippen LogP) is 4.38. The first kappa shape index (κ1) is 18.9. The van der Waals surface area contributed by atoms with Crippen molar-refractivity contribution in [3.05, 3.63) is 77.5 Å². The van der Waals surface area contributed by atoms with Crippen LogP contribution in [0.3, 0.4) is 0 Å². The number of amides is 1. The van der Waals surface area contributed by atoms with E-state index < -0.39 is 0 Å². The Hall–Kier alpha value is -3.41. The summed E-state index contributed by atoms with van der Waals surface area (Å²) < 4.78 is 7.18. The van der Waals surface area contributed by atoms with Crippen LogP contribution in [0, 0.1) is 13.8 Å². The van der Waals surface area contributed by atoms with Gasteiger partial charge in [0.25, 0.3) is 5.91 Å². The molecule has 0 spiro atoms. The van der Waals surface area contributed by atoms with E-state index in [1.54, 1.807) is 10.9 Å². The molecule has 0 saturated heterocycles. The summed E-state index contributed by atoms with van der Waals surface area (Å²) in [4.78, 5) is 17.8. The predicted molar refractivity (Wildman–Crippen MR) is 112 cm³/mol. The minimum atomic E-state index is -0.108. The standard InChI is InChI=1S/C23H24N4O2/c1-15(11-12-19-10-7-13-29-19)25-23(28)20-14-16(2)24-22-21(20)17(3)26-27(22)18-8-5-4-6-9-18/h4-10,13-15H,11-12H2,1-3H3,(H,25,28)/t15-/m0/s1. The van der Waals surface area contributed by atoms with Crippen LogP contribution in [0.15, 0.2) is 59.2 Å². The van der Waals surface area contributed by atoms with Gasteiger partial charge in [0.05, 0.1) is 28.6 Å². The van der Waals surface area contributed by atoms with Gasteiger partial charge in [0.1, 0.15) is 5.76 Å². The topological polar surface area (TPSA) is 73.0 Å². The van der Waals surface area contributed by atoms with Crippen molar-refractivity contribution in [2.24, 2.45) is 0 Å². The fourth-order valence-corrected chi connectivity index (χ4v) is 3.53. The van der Waals surface area contributed by atoms with Crippen molar-refractivity contribution < 1.29 is 9.21 Å². The smallest absolute Gasteiger partial charge is 0.252 e. The number of aryl methyl sites for hydroxylation is 3. The summed E-state index contributed by atoms with van der Waals surface area (Å²) >= 11 is 0. The molecule has 3 aromatic heterocycles. The van der Waals surface area contributed by atoms with Crippen molar-refractivity contribution in [2.45, 2.75) is 39.7 Å². The molecular weight excluding hydrogens is 364 g/mol. The summed E-state index contributed by atoms with van der Waals surface area (Å²) in [5.41, 5.74) is 3.79. The van der Waals surface area contributed by atoms with Crippen LogP contribution in [0.5, 0.6) is 0 Å². The van der Waals surface area contributed by atoms with E-state index in [4.69, 9.17) is 4.42 Å². The number of fused-ring (bicyclic) bond motifs is 1. The van der Waals surface area contributed by atoms with Gasteiger partial charge in [0.2, 0.25) is 0 Å². The molecule has 0 fully saturated rings. The zero-order chi connectivity index (χ0) is 20.4. The Labute approximate surface area is 169 Å². The Morgan fingerprint density at radius 2 is 1.97 bits per heavy atom. The highest BCUT2D eigenvalue weighted by Crippen LogP contribution is 2.25. The minimum Gasteiger partial charge on any atom is -0.469 e. The van der Waals surface area contributed by atoms with E-state index in [2.05, 4.69) is 15.4 Å². The molecule has 4 rings (SSSR count). The molecule has 6 nitrogen and oxygen atoms in total. The molecule has 6 heteroatoms. The number of aromatic nitrogens is 3. The lowest BCUT2D eigenvalue weighted by molar-refractivity contribution is 0.0939. The van der Waals surface area contributed by atoms with E-state index in [0.717, 1.165) is 41.1 Å². The molecule has 3 heterocycles. The molecule has 1 N–H and O–H groups in total. The van der Waals surface area contributed by atoms with Crippen LogP contribution in [0.4, 0.5) is 0 Å². The van der Waals surface area contributed by atoms with Crippen LogP contribution < -0.4 is 5.32 Å². The number of nitrogens with zero attached hydrogens (tertiary/aromatic N) is 3. The molecule has 148 valence electrons. The molecule has 0 unspecified atom stereocenters. The highest BCUT2D eigenvalue weighted by atomic mass is 16.3. The van der Waals surface area contributed by atoms with Crippen LogP contribution >= 0.6 is 0 Å². The van der Waals surface area contributed by atoms with Crippen molar-refractivity contribution in [1.29, 1.82) is 0 Å². The second-order valence-corrected chi connectivity index (χ2v) is 7.34. The summed E-state index contributed by atoms with van der Waals surface area (Å²) in [6.07, 6.45) is 3.25. The number of hydrogen-bond acceptors (Lipinski definition) is 4. The summed E-state index contributed by atoms with van der Waals surface area (Å²) in [6.45, 7) is 5.82. The van der Waals surface area contributed by atoms with Gasteiger partial charge in [-0.3, -0.25) is 4.79 Å². The third-order valence-corrected chi connectivity index (χ3v) is 4.97. The fraction of sp³-hybridized carbons (Fsp3) is 0.261. The van der Waals surface area contributed by atoms with Crippen molar-refractivity contribution >= 4 is 16.9 Å². The third kappa shape index (κ3) is 3.92. The number of benzene rings is 1. The van der Waals surface area contributed by atoms with Crippen LogP contribution in [0.1, 0.15) is 40.9 Å². The lowest BCUT2D eigenvalue weighted by Crippen LogP contribution is -2.33. The van der Waals surface area contributed by atoms with Crippen molar-refractivity contribution in [2.75, 3.05) is 0 Å². The quantitative estimate of drug-likeness (QED) is 0.532. The molecule has 0 bridgehead atoms. The molecule has 1 aromatic carbocycles. The Bertz CT molecular complexity index is 1130. The number of carbonyl (C=O) groups excluding carboxylic acids is 1. The monoisotopic (exact) mass is 388 g/mol. The molecule has 0 aliphatic carbocycles. The molecule has 0 saturated carbocycles. The molecule has 0 aliphatic rings. The number of rotatable bonds is 6. The maximum absolute atomic E-state index is 13.1. The summed E-state index contributed by atoms with van der Waals surface area (Å²) in [5, 5.41) is 8.55. The minimum absolute atomic E-state index is 0.0144. The zero-order valence-corrected chi connectivity index (χ0v) is 16.8. The van der Waals surface area contributed by atoms with Gasteiger partial charge in [-0.05, 0) is 57.5 Å². The number of carbonyl (C=O) groups is 1. The average molecular weight is 388 g/mol. The van der Waals surface area contributed by atoms with Crippen LogP contribution in [-0.4, -0.2) is 26.7 Å². The first-order chi connectivity index (χ1) is 14.0. The number of nitrogens with one attached hydrogen (secondary N) is 1. The van der Waals surface area contributed by atoms with Crippen molar-refractivity contribution in [3.8, 4) is 5.69 Å². The zero-order valence-electron chi connectivity index (χ0n) is 16.8. The lowest BCUT2D eigenvalue weighted by atomic mass is 10.1. The summed E-state index contributed by atoms with van der Waals surface area (Å²) in [7, 11) is 0. The summed E-state index contributed by atoms with van der Waals surface area (Å²) in [6, 6.07) is 15.5. The lowest BCUT2D eigenvalue weighted by Gasteiger charge is -2.14. The van der Waals surface area contributed by atoms with Gasteiger partial charge in [0.15, 0.2) is 5.65 Å². The van der Waals surface area contributed by atoms with Gasteiger partial charge >= 0.3 is 0 Å². The second kappa shape index (κ2) is 7.91. The Balaban J connectivity index is 1.63. The van der Waals surface area contributed by atoms with Gasteiger partial charge in [-0.15, -0.1) is 0 Å². The van der Waals surface area contributed by atoms with E-state index >= 15 is 0 Å². The molecule has 1 amide bonds. The maximum atomic E-state index is 13.1. The SMILES string of the molecule is Cc1cc(C(=O)N[C@@H](C)CCc2ccco2)c2c(C)nn(-c3ccccc3)c2n1. The number of furan rings is 1. The van der Waals surface area contributed by atoms with Crippen LogP contribution in [0.2, 0.25) is 0 Å². The van der Waals surface area contributed by atoms with Gasteiger partial charge in [0, 0.05) is 18.2 Å². The van der Waals surface area contributed by atoms with Crippen LogP contribution in [-0.2, 0) is 6.42 Å². The first-order valence-corrected chi connectivity index (χ1v) is 9.78. The van der Waals surface area contributed by atoms with E-state index in [9.17, 15) is 4.79 Å². The molecule has 4 aromatic rings. The fourth-order valence-electron chi connectivity index (χ4n) is 3.53. The van der Waals surface area contributed by atoms with E-state index in [-0.39, 0.29) is 11.9 Å². The van der Waals surface area contributed by atoms with Gasteiger partial charge in [-0.2, -0.15) is 5.10 Å². The molecule has 0 radical (unpaired) electrons. The highest BCUT2D eigenvalue weighted by Gasteiger charge is 2.20. The van der Waals surface area contributed by atoms with Crippen molar-refractivity contribution in [3.63, 3.8) is 0 Å². The second-order valence-electron chi connectivity index (χ2n) is 7.34. The van der Waals surface area contributed by atoms with Crippen LogP contribution in [0.25, 0.3) is 16.7 Å². The highest BCUT2D eigenvalue weighted by molar-refractivity contribution is 6.06. The van der Waals surface area contributed by atoms with Gasteiger partial charge in [-0.1, -0.05) is 18.2 Å². The van der Waals surface area contributed by atoms with E-state index in [1.165, 1.54) is 0 Å². The van der Waals surface area contributed by atoms with Gasteiger partial charge in [-0.25, -0.2) is 9.67 Å². The third-order valence-electron chi connectivity index (χ3n) is 4.97. The summed E-state index contributed by atoms with van der Waals surface area (Å²) in [5.74, 6) is 0.816. The first-order valence-electron chi connectivity index (χ1n) is 9.78. The molecular formula is C23H24N4O2. The average Bonchev–Trinajstić information content (AvgIpc) is 3.34. The number of hydrogen-bond donors (Lipinski definition) is 1. The Kier molecular flexibility index (Phi) is 5.16. The largest absolute Gasteiger partial charge is 0.469 e. The van der Waals surface area contributed by atoms with E-state index in [1.807, 2.05) is 69.3 Å². The Morgan fingerprint density at radius 3 is 2.69 bits per heavy atom. The Morgan fingerprint density at radius 1 is 1.17 bits per heavy atom. The molecule has 29 heavy (non-hydrogen) atoms. The maximum Gasteiger partial charge on any atom is 0.252 e. The molecule has 0 aliphatic heterocycles. The van der Waals surface area contributed by atoms with Crippen molar-refractivity contribution in [1.82, 2.24) is 20.1 Å². The number of para-hydroxylation sites is 1. The normalized spacial score (nSPS) is 12.2. The van der Waals surface area contributed by atoms with E-state index in [0.29, 0.717) is 11.2 Å².